The van der Waals surface area contributed by atoms with E-state index in [0.717, 1.165) is 0 Å². The Bertz CT molecular complexity index is 420. The number of hydrogen-bond donors (Lipinski definition) is 1. The lowest BCUT2D eigenvalue weighted by Gasteiger charge is -2.27. The van der Waals surface area contributed by atoms with E-state index in [2.05, 4.69) is 11.9 Å². The molecule has 0 bridgehead atoms. The Labute approximate surface area is 120 Å². The molecule has 0 radical (unpaired) electrons. The summed E-state index contributed by atoms with van der Waals surface area (Å²) >= 11 is 0. The summed E-state index contributed by atoms with van der Waals surface area (Å²) in [6.45, 7) is 11.9. The second-order valence-electron chi connectivity index (χ2n) is 5.00. The third-order valence-corrected chi connectivity index (χ3v) is 4.39. The average molecular weight is 305 g/mol. The van der Waals surface area contributed by atoms with Crippen molar-refractivity contribution in [3.8, 4) is 0 Å². The number of hydrogen-bond acceptors (Lipinski definition) is 5. The smallest absolute Gasteiger partial charge is 0.346 e. The number of rotatable bonds is 9. The van der Waals surface area contributed by atoms with Gasteiger partial charge in [0.1, 0.15) is 11.1 Å². The van der Waals surface area contributed by atoms with Crippen molar-refractivity contribution in [2.45, 2.75) is 46.6 Å². The van der Waals surface area contributed by atoms with Gasteiger partial charge in [0.05, 0.1) is 13.2 Å². The zero-order valence-corrected chi connectivity index (χ0v) is 13.7. The molecular weight excluding hydrogens is 281 g/mol. The van der Waals surface area contributed by atoms with Crippen molar-refractivity contribution in [2.24, 2.45) is 0 Å². The van der Waals surface area contributed by atoms with Gasteiger partial charge in [-0.1, -0.05) is 6.58 Å². The number of nitrogens with one attached hydrogen (secondary N) is 1. The molecule has 0 rings (SSSR count). The molecule has 0 saturated carbocycles. The summed E-state index contributed by atoms with van der Waals surface area (Å²) in [5.41, 5.74) is -0.755. The molecule has 0 atom stereocenters. The lowest BCUT2D eigenvalue weighted by molar-refractivity contribution is -0.120. The molecule has 20 heavy (non-hydrogen) atoms. The fourth-order valence-corrected chi connectivity index (χ4v) is 3.07. The Kier molecular flexibility index (Phi) is 7.34. The number of amides is 1. The quantitative estimate of drug-likeness (QED) is 0.523. The van der Waals surface area contributed by atoms with Crippen molar-refractivity contribution in [3.05, 3.63) is 11.9 Å². The molecule has 0 aliphatic carbocycles. The molecule has 0 saturated heterocycles. The number of carbonyl (C=O) groups excluding carboxylic acids is 2. The summed E-state index contributed by atoms with van der Waals surface area (Å²) in [4.78, 5) is 23.2. The Hall–Kier alpha value is -0.970. The molecule has 6 nitrogen and oxygen atoms in total. The first-order chi connectivity index (χ1) is 9.08. The molecule has 0 unspecified atom stereocenters. The van der Waals surface area contributed by atoms with Crippen molar-refractivity contribution in [2.75, 3.05) is 13.2 Å². The lowest BCUT2D eigenvalue weighted by Crippen LogP contribution is -2.45. The average Bonchev–Trinajstić information content (AvgIpc) is 2.25. The van der Waals surface area contributed by atoms with Crippen molar-refractivity contribution >= 4 is 19.3 Å². The van der Waals surface area contributed by atoms with Gasteiger partial charge in [0.2, 0.25) is 0 Å². The van der Waals surface area contributed by atoms with Crippen LogP contribution in [0.1, 0.15) is 41.0 Å². The molecular formula is C13H24NO5P. The van der Waals surface area contributed by atoms with Crippen LogP contribution in [0.5, 0.6) is 0 Å². The van der Waals surface area contributed by atoms with E-state index in [-0.39, 0.29) is 30.7 Å². The van der Waals surface area contributed by atoms with E-state index in [9.17, 15) is 14.2 Å². The maximum absolute atomic E-state index is 12.4. The zero-order chi connectivity index (χ0) is 16.0. The van der Waals surface area contributed by atoms with Gasteiger partial charge in [-0.3, -0.25) is 14.2 Å². The minimum Gasteiger partial charge on any atom is -0.346 e. The standard InChI is InChI=1S/C13H24NO5P/c1-7-18-20(17,19-8-2)11(4)12(16)14-13(5,6)9-10(3)15/h4,7-9H2,1-3,5-6H3,(H,14,16). The molecule has 0 aliphatic rings. The molecule has 0 heterocycles. The van der Waals surface area contributed by atoms with E-state index in [1.165, 1.54) is 6.92 Å². The maximum atomic E-state index is 12.4. The van der Waals surface area contributed by atoms with E-state index in [0.29, 0.717) is 0 Å². The SMILES string of the molecule is C=C(C(=O)NC(C)(C)CC(C)=O)P(=O)(OCC)OCC. The van der Waals surface area contributed by atoms with E-state index < -0.39 is 19.0 Å². The van der Waals surface area contributed by atoms with Crippen LogP contribution in [0.4, 0.5) is 0 Å². The van der Waals surface area contributed by atoms with Gasteiger partial charge in [-0.15, -0.1) is 0 Å². The molecule has 7 heteroatoms. The number of ketones is 1. The topological polar surface area (TPSA) is 81.7 Å². The van der Waals surface area contributed by atoms with Crippen molar-refractivity contribution in [1.29, 1.82) is 0 Å². The third-order valence-electron chi connectivity index (χ3n) is 2.33. The molecule has 1 amide bonds. The van der Waals surface area contributed by atoms with Crippen molar-refractivity contribution in [3.63, 3.8) is 0 Å². The molecule has 0 aromatic rings. The maximum Gasteiger partial charge on any atom is 0.366 e. The first-order valence-electron chi connectivity index (χ1n) is 6.48. The van der Waals surface area contributed by atoms with Crippen LogP contribution in [-0.2, 0) is 23.2 Å². The van der Waals surface area contributed by atoms with Gasteiger partial charge in [-0.2, -0.15) is 0 Å². The van der Waals surface area contributed by atoms with Crippen LogP contribution in [0.2, 0.25) is 0 Å². The van der Waals surface area contributed by atoms with Crippen molar-refractivity contribution < 1.29 is 23.2 Å². The highest BCUT2D eigenvalue weighted by molar-refractivity contribution is 7.59. The van der Waals surface area contributed by atoms with Gasteiger partial charge in [0.15, 0.2) is 0 Å². The largest absolute Gasteiger partial charge is 0.366 e. The fourth-order valence-electron chi connectivity index (χ4n) is 1.70. The molecule has 0 aliphatic heterocycles. The second kappa shape index (κ2) is 7.72. The summed E-state index contributed by atoms with van der Waals surface area (Å²) in [6, 6.07) is 0. The highest BCUT2D eigenvalue weighted by atomic mass is 31.2. The highest BCUT2D eigenvalue weighted by Gasteiger charge is 2.35. The summed E-state index contributed by atoms with van der Waals surface area (Å²) in [5, 5.41) is 2.37. The van der Waals surface area contributed by atoms with E-state index in [1.807, 2.05) is 0 Å². The third kappa shape index (κ3) is 5.99. The molecule has 116 valence electrons. The van der Waals surface area contributed by atoms with Crippen LogP contribution in [-0.4, -0.2) is 30.4 Å². The minimum atomic E-state index is -3.68. The van der Waals surface area contributed by atoms with Gasteiger partial charge in [-0.05, 0) is 34.6 Å². The van der Waals surface area contributed by atoms with Crippen LogP contribution in [0.15, 0.2) is 11.9 Å². The summed E-state index contributed by atoms with van der Waals surface area (Å²) in [6.07, 6.45) is 0.166. The van der Waals surface area contributed by atoms with Crippen LogP contribution in [0.25, 0.3) is 0 Å². The summed E-state index contributed by atoms with van der Waals surface area (Å²) in [7, 11) is -3.68. The Morgan fingerprint density at radius 3 is 2.00 bits per heavy atom. The van der Waals surface area contributed by atoms with Gasteiger partial charge >= 0.3 is 7.60 Å². The lowest BCUT2D eigenvalue weighted by atomic mass is 9.98. The molecule has 1 N–H and O–H groups in total. The van der Waals surface area contributed by atoms with Gasteiger partial charge in [-0.25, -0.2) is 0 Å². The normalized spacial score (nSPS) is 12.1. The van der Waals surface area contributed by atoms with E-state index >= 15 is 0 Å². The van der Waals surface area contributed by atoms with Gasteiger partial charge in [0, 0.05) is 12.0 Å². The molecule has 0 fully saturated rings. The fraction of sp³-hybridized carbons (Fsp3) is 0.692. The second-order valence-corrected chi connectivity index (χ2v) is 7.05. The molecule has 0 spiro atoms. The molecule has 0 aromatic heterocycles. The summed E-state index contributed by atoms with van der Waals surface area (Å²) < 4.78 is 22.5. The predicted octanol–water partition coefficient (Wildman–Crippen LogP) is 2.64. The number of Topliss-reactive ketones (excluding diaryl/α,β-unsaturated/α-hetero) is 1. The minimum absolute atomic E-state index is 0.0567. The van der Waals surface area contributed by atoms with E-state index in [1.54, 1.807) is 27.7 Å². The Morgan fingerprint density at radius 2 is 1.65 bits per heavy atom. The Morgan fingerprint density at radius 1 is 1.20 bits per heavy atom. The van der Waals surface area contributed by atoms with Crippen LogP contribution < -0.4 is 5.32 Å². The monoisotopic (exact) mass is 305 g/mol. The van der Waals surface area contributed by atoms with Crippen LogP contribution >= 0.6 is 7.60 Å². The van der Waals surface area contributed by atoms with Gasteiger partial charge < -0.3 is 14.4 Å². The summed E-state index contributed by atoms with van der Waals surface area (Å²) in [5.74, 6) is -0.694. The molecule has 0 aromatic carbocycles. The first-order valence-corrected chi connectivity index (χ1v) is 8.02. The van der Waals surface area contributed by atoms with Crippen molar-refractivity contribution in [1.82, 2.24) is 5.32 Å². The zero-order valence-electron chi connectivity index (χ0n) is 12.8. The van der Waals surface area contributed by atoms with Crippen LogP contribution in [0, 0.1) is 0 Å². The van der Waals surface area contributed by atoms with E-state index in [4.69, 9.17) is 9.05 Å². The highest BCUT2D eigenvalue weighted by Crippen LogP contribution is 2.55. The number of carbonyl (C=O) groups is 2. The van der Waals surface area contributed by atoms with Gasteiger partial charge in [0.25, 0.3) is 5.91 Å². The first kappa shape index (κ1) is 19.0. The predicted molar refractivity (Wildman–Crippen MR) is 77.5 cm³/mol. The van der Waals surface area contributed by atoms with Crippen LogP contribution in [0.3, 0.4) is 0 Å². The Balaban J connectivity index is 4.96.